The minimum Gasteiger partial charge on any atom is -0.354 e. The van der Waals surface area contributed by atoms with Crippen LogP contribution in [0.15, 0.2) is 47.0 Å². The van der Waals surface area contributed by atoms with Crippen molar-refractivity contribution in [1.82, 2.24) is 25.2 Å². The summed E-state index contributed by atoms with van der Waals surface area (Å²) in [6.45, 7) is 6.72. The SMILES string of the molecule is CCc1cc2ncc(CN3CC/C(=C(/C)c4ccc(C(=O)NC)nc4)C3)cc2[nH]c1=O. The maximum atomic E-state index is 12.1. The summed E-state index contributed by atoms with van der Waals surface area (Å²) in [5, 5.41) is 2.59. The van der Waals surface area contributed by atoms with E-state index in [9.17, 15) is 9.59 Å². The van der Waals surface area contributed by atoms with E-state index in [2.05, 4.69) is 32.1 Å². The Labute approximate surface area is 181 Å². The van der Waals surface area contributed by atoms with Gasteiger partial charge < -0.3 is 10.3 Å². The number of allylic oxidation sites excluding steroid dienone is 1. The molecule has 7 nitrogen and oxygen atoms in total. The first-order chi connectivity index (χ1) is 15.0. The van der Waals surface area contributed by atoms with Gasteiger partial charge in [0.1, 0.15) is 5.69 Å². The molecule has 0 unspecified atom stereocenters. The highest BCUT2D eigenvalue weighted by molar-refractivity contribution is 5.92. The molecule has 7 heteroatoms. The van der Waals surface area contributed by atoms with Gasteiger partial charge in [-0.05, 0) is 54.7 Å². The standard InChI is InChI=1S/C24H27N5O2/c1-4-17-10-21-22(28-23(17)30)9-16(11-26-21)13-29-8-7-19(14-29)15(2)18-5-6-20(27-12-18)24(31)25-3/h5-6,9-12H,4,7-8,13-14H2,1-3H3,(H,25,31)(H,28,30)/b19-15+. The molecule has 1 saturated heterocycles. The third-order valence-electron chi connectivity index (χ3n) is 5.94. The summed E-state index contributed by atoms with van der Waals surface area (Å²) in [7, 11) is 1.60. The lowest BCUT2D eigenvalue weighted by Gasteiger charge is -2.15. The van der Waals surface area contributed by atoms with Crippen molar-refractivity contribution in [2.45, 2.75) is 33.2 Å². The molecule has 3 aromatic heterocycles. The lowest BCUT2D eigenvalue weighted by atomic mass is 10.0. The molecule has 4 heterocycles. The number of hydrogen-bond donors (Lipinski definition) is 2. The molecule has 4 rings (SSSR count). The summed E-state index contributed by atoms with van der Waals surface area (Å²) in [5.41, 5.74) is 7.48. The van der Waals surface area contributed by atoms with Gasteiger partial charge in [-0.25, -0.2) is 0 Å². The second kappa shape index (κ2) is 8.81. The lowest BCUT2D eigenvalue weighted by Crippen LogP contribution is -2.19. The van der Waals surface area contributed by atoms with Gasteiger partial charge in [0.2, 0.25) is 0 Å². The number of carbonyl (C=O) groups is 1. The molecular formula is C24H27N5O2. The van der Waals surface area contributed by atoms with Crippen molar-refractivity contribution >= 4 is 22.5 Å². The average Bonchev–Trinajstić information content (AvgIpc) is 3.26. The van der Waals surface area contributed by atoms with Crippen molar-refractivity contribution in [3.63, 3.8) is 0 Å². The van der Waals surface area contributed by atoms with Crippen LogP contribution in [0.25, 0.3) is 16.6 Å². The molecule has 0 saturated carbocycles. The van der Waals surface area contributed by atoms with Crippen LogP contribution in [0.1, 0.15) is 47.4 Å². The Kier molecular flexibility index (Phi) is 5.95. The van der Waals surface area contributed by atoms with E-state index in [1.54, 1.807) is 19.3 Å². The summed E-state index contributed by atoms with van der Waals surface area (Å²) >= 11 is 0. The highest BCUT2D eigenvalue weighted by atomic mass is 16.1. The summed E-state index contributed by atoms with van der Waals surface area (Å²) in [6, 6.07) is 7.62. The fourth-order valence-electron chi connectivity index (χ4n) is 4.02. The van der Waals surface area contributed by atoms with E-state index >= 15 is 0 Å². The number of nitrogens with one attached hydrogen (secondary N) is 2. The summed E-state index contributed by atoms with van der Waals surface area (Å²) in [5.74, 6) is -0.180. The van der Waals surface area contributed by atoms with Crippen LogP contribution in [-0.4, -0.2) is 45.9 Å². The largest absolute Gasteiger partial charge is 0.354 e. The van der Waals surface area contributed by atoms with Crippen LogP contribution in [0.4, 0.5) is 0 Å². The van der Waals surface area contributed by atoms with E-state index in [1.165, 1.54) is 11.1 Å². The molecule has 0 radical (unpaired) electrons. The molecule has 160 valence electrons. The van der Waals surface area contributed by atoms with Crippen LogP contribution in [0.5, 0.6) is 0 Å². The summed E-state index contributed by atoms with van der Waals surface area (Å²) in [6.07, 6.45) is 5.36. The van der Waals surface area contributed by atoms with Crippen LogP contribution in [0.3, 0.4) is 0 Å². The van der Waals surface area contributed by atoms with Crippen molar-refractivity contribution in [1.29, 1.82) is 0 Å². The maximum absolute atomic E-state index is 12.1. The molecule has 0 aliphatic carbocycles. The number of fused-ring (bicyclic) bond motifs is 1. The Bertz CT molecular complexity index is 1210. The first-order valence-electron chi connectivity index (χ1n) is 10.6. The molecule has 0 aromatic carbocycles. The minimum atomic E-state index is -0.180. The van der Waals surface area contributed by atoms with E-state index < -0.39 is 0 Å². The lowest BCUT2D eigenvalue weighted by molar-refractivity contribution is 0.0958. The maximum Gasteiger partial charge on any atom is 0.269 e. The number of carbonyl (C=O) groups excluding carboxylic acids is 1. The van der Waals surface area contributed by atoms with Gasteiger partial charge in [0.15, 0.2) is 0 Å². The van der Waals surface area contributed by atoms with Gasteiger partial charge in [-0.2, -0.15) is 0 Å². The van der Waals surface area contributed by atoms with Gasteiger partial charge in [-0.3, -0.25) is 24.5 Å². The predicted molar refractivity (Wildman–Crippen MR) is 122 cm³/mol. The van der Waals surface area contributed by atoms with E-state index in [0.29, 0.717) is 12.1 Å². The molecular weight excluding hydrogens is 390 g/mol. The smallest absolute Gasteiger partial charge is 0.269 e. The van der Waals surface area contributed by atoms with E-state index in [0.717, 1.165) is 53.8 Å². The zero-order valence-corrected chi connectivity index (χ0v) is 18.2. The van der Waals surface area contributed by atoms with Gasteiger partial charge in [0.25, 0.3) is 11.5 Å². The number of nitrogens with zero attached hydrogens (tertiary/aromatic N) is 3. The van der Waals surface area contributed by atoms with Gasteiger partial charge in [-0.15, -0.1) is 0 Å². The van der Waals surface area contributed by atoms with Crippen molar-refractivity contribution in [2.75, 3.05) is 20.1 Å². The zero-order valence-electron chi connectivity index (χ0n) is 18.2. The Morgan fingerprint density at radius 2 is 2.06 bits per heavy atom. The quantitative estimate of drug-likeness (QED) is 0.666. The second-order valence-corrected chi connectivity index (χ2v) is 7.95. The average molecular weight is 418 g/mol. The fraction of sp³-hybridized carbons (Fsp3) is 0.333. The Hall–Kier alpha value is -3.32. The molecule has 31 heavy (non-hydrogen) atoms. The van der Waals surface area contributed by atoms with E-state index in [4.69, 9.17) is 0 Å². The molecule has 1 aliphatic rings. The number of aryl methyl sites for hydroxylation is 1. The number of likely N-dealkylation sites (tertiary alicyclic amines) is 1. The third-order valence-corrected chi connectivity index (χ3v) is 5.94. The fourth-order valence-corrected chi connectivity index (χ4v) is 4.02. The van der Waals surface area contributed by atoms with Gasteiger partial charge in [0, 0.05) is 44.6 Å². The molecule has 2 N–H and O–H groups in total. The zero-order chi connectivity index (χ0) is 22.0. The summed E-state index contributed by atoms with van der Waals surface area (Å²) < 4.78 is 0. The Morgan fingerprint density at radius 3 is 2.77 bits per heavy atom. The van der Waals surface area contributed by atoms with Crippen molar-refractivity contribution in [3.8, 4) is 0 Å². The second-order valence-electron chi connectivity index (χ2n) is 7.95. The normalized spacial score (nSPS) is 16.0. The molecule has 0 bridgehead atoms. The van der Waals surface area contributed by atoms with E-state index in [-0.39, 0.29) is 11.5 Å². The van der Waals surface area contributed by atoms with Crippen LogP contribution < -0.4 is 10.9 Å². The highest BCUT2D eigenvalue weighted by Crippen LogP contribution is 2.26. The van der Waals surface area contributed by atoms with Gasteiger partial charge in [-0.1, -0.05) is 18.6 Å². The number of H-pyrrole nitrogens is 1. The molecule has 1 fully saturated rings. The summed E-state index contributed by atoms with van der Waals surface area (Å²) in [4.78, 5) is 38.0. The van der Waals surface area contributed by atoms with Crippen molar-refractivity contribution < 1.29 is 4.79 Å². The van der Waals surface area contributed by atoms with Crippen LogP contribution in [0, 0.1) is 0 Å². The number of pyridine rings is 3. The molecule has 3 aromatic rings. The number of aromatic nitrogens is 3. The van der Waals surface area contributed by atoms with Gasteiger partial charge >= 0.3 is 0 Å². The molecule has 0 atom stereocenters. The van der Waals surface area contributed by atoms with Crippen LogP contribution in [0.2, 0.25) is 0 Å². The van der Waals surface area contributed by atoms with Crippen LogP contribution in [-0.2, 0) is 13.0 Å². The molecule has 1 aliphatic heterocycles. The van der Waals surface area contributed by atoms with E-state index in [1.807, 2.05) is 31.3 Å². The van der Waals surface area contributed by atoms with Crippen molar-refractivity contribution in [2.24, 2.45) is 0 Å². The minimum absolute atomic E-state index is 0.0352. The molecule has 1 amide bonds. The predicted octanol–water partition coefficient (Wildman–Crippen LogP) is 2.92. The Morgan fingerprint density at radius 1 is 1.23 bits per heavy atom. The third kappa shape index (κ3) is 4.41. The number of amides is 1. The highest BCUT2D eigenvalue weighted by Gasteiger charge is 2.20. The van der Waals surface area contributed by atoms with Crippen LogP contribution >= 0.6 is 0 Å². The molecule has 0 spiro atoms. The van der Waals surface area contributed by atoms with Crippen molar-refractivity contribution in [3.05, 3.63) is 75.0 Å². The first-order valence-corrected chi connectivity index (χ1v) is 10.6. The number of hydrogen-bond acceptors (Lipinski definition) is 5. The Balaban J connectivity index is 1.48. The first kappa shape index (κ1) is 20.9. The number of rotatable bonds is 5. The number of aromatic amines is 1. The van der Waals surface area contributed by atoms with Gasteiger partial charge in [0.05, 0.1) is 11.0 Å². The topological polar surface area (TPSA) is 91.0 Å². The monoisotopic (exact) mass is 417 g/mol.